The Labute approximate surface area is 84.6 Å². The number of carbonyl (C=O) groups excluding carboxylic acids is 1. The van der Waals surface area contributed by atoms with Gasteiger partial charge in [-0.05, 0) is 32.9 Å². The summed E-state index contributed by atoms with van der Waals surface area (Å²) >= 11 is 0. The van der Waals surface area contributed by atoms with Gasteiger partial charge < -0.3 is 5.32 Å². The van der Waals surface area contributed by atoms with Crippen LogP contribution in [0.1, 0.15) is 20.8 Å². The Morgan fingerprint density at radius 3 is 2.14 bits per heavy atom. The molecule has 74 valence electrons. The van der Waals surface area contributed by atoms with Crippen molar-refractivity contribution in [3.05, 3.63) is 41.5 Å². The van der Waals surface area contributed by atoms with Crippen molar-refractivity contribution in [3.8, 4) is 0 Å². The second kappa shape index (κ2) is 4.61. The summed E-state index contributed by atoms with van der Waals surface area (Å²) in [7, 11) is 0. The van der Waals surface area contributed by atoms with Crippen molar-refractivity contribution >= 4 is 11.6 Å². The van der Waals surface area contributed by atoms with E-state index in [-0.39, 0.29) is 5.91 Å². The first kappa shape index (κ1) is 10.5. The van der Waals surface area contributed by atoms with Gasteiger partial charge >= 0.3 is 0 Å². The minimum atomic E-state index is -0.0313. The minimum Gasteiger partial charge on any atom is -0.322 e. The van der Waals surface area contributed by atoms with Crippen LogP contribution in [-0.4, -0.2) is 5.91 Å². The Hall–Kier alpha value is -1.57. The average molecular weight is 189 g/mol. The molecule has 0 aromatic heterocycles. The highest BCUT2D eigenvalue weighted by atomic mass is 16.1. The lowest BCUT2D eigenvalue weighted by molar-refractivity contribution is -0.112. The highest BCUT2D eigenvalue weighted by Gasteiger charge is 2.04. The number of allylic oxidation sites excluding steroid dienone is 1. The van der Waals surface area contributed by atoms with Crippen LogP contribution in [0.4, 0.5) is 5.69 Å². The molecule has 0 spiro atoms. The van der Waals surface area contributed by atoms with Crippen LogP contribution in [0, 0.1) is 0 Å². The van der Waals surface area contributed by atoms with Crippen LogP contribution < -0.4 is 5.32 Å². The molecule has 0 aliphatic carbocycles. The van der Waals surface area contributed by atoms with Gasteiger partial charge in [-0.2, -0.15) is 0 Å². The lowest BCUT2D eigenvalue weighted by Crippen LogP contribution is -2.13. The first-order chi connectivity index (χ1) is 6.61. The van der Waals surface area contributed by atoms with E-state index in [2.05, 4.69) is 5.32 Å². The maximum atomic E-state index is 11.6. The molecule has 0 aliphatic heterocycles. The Kier molecular flexibility index (Phi) is 3.46. The molecule has 1 amide bonds. The van der Waals surface area contributed by atoms with Gasteiger partial charge in [-0.1, -0.05) is 23.8 Å². The summed E-state index contributed by atoms with van der Waals surface area (Å²) in [5.41, 5.74) is 2.64. The van der Waals surface area contributed by atoms with E-state index in [0.717, 1.165) is 16.8 Å². The number of nitrogens with one attached hydrogen (secondary N) is 1. The van der Waals surface area contributed by atoms with Crippen molar-refractivity contribution in [1.82, 2.24) is 0 Å². The molecule has 0 heterocycles. The molecule has 0 saturated carbocycles. The fourth-order valence-electron chi connectivity index (χ4n) is 0.973. The highest BCUT2D eigenvalue weighted by molar-refractivity contribution is 6.03. The Bertz CT molecular complexity index is 348. The molecular weight excluding hydrogens is 174 g/mol. The molecule has 1 N–H and O–H groups in total. The number of hydrogen-bond donors (Lipinski definition) is 1. The fraction of sp³-hybridized carbons (Fsp3) is 0.250. The summed E-state index contributed by atoms with van der Waals surface area (Å²) in [5.74, 6) is -0.0313. The SMILES string of the molecule is CC(C)=C(C)C(=O)Nc1ccccc1. The van der Waals surface area contributed by atoms with Gasteiger partial charge in [-0.25, -0.2) is 0 Å². The smallest absolute Gasteiger partial charge is 0.251 e. The van der Waals surface area contributed by atoms with Crippen molar-refractivity contribution in [1.29, 1.82) is 0 Å². The minimum absolute atomic E-state index is 0.0313. The first-order valence-corrected chi connectivity index (χ1v) is 4.61. The maximum Gasteiger partial charge on any atom is 0.251 e. The van der Waals surface area contributed by atoms with E-state index < -0.39 is 0 Å². The van der Waals surface area contributed by atoms with E-state index in [1.807, 2.05) is 51.1 Å². The average Bonchev–Trinajstić information content (AvgIpc) is 2.18. The largest absolute Gasteiger partial charge is 0.322 e. The molecular formula is C12H15NO. The first-order valence-electron chi connectivity index (χ1n) is 4.61. The summed E-state index contributed by atoms with van der Waals surface area (Å²) in [5, 5.41) is 2.83. The number of para-hydroxylation sites is 1. The number of hydrogen-bond acceptors (Lipinski definition) is 1. The van der Waals surface area contributed by atoms with Gasteiger partial charge in [-0.3, -0.25) is 4.79 Å². The molecule has 0 bridgehead atoms. The molecule has 0 saturated heterocycles. The molecule has 1 aromatic rings. The van der Waals surface area contributed by atoms with E-state index in [9.17, 15) is 4.79 Å². The van der Waals surface area contributed by atoms with Crippen LogP contribution in [0.3, 0.4) is 0 Å². The summed E-state index contributed by atoms with van der Waals surface area (Å²) in [4.78, 5) is 11.6. The molecule has 14 heavy (non-hydrogen) atoms. The standard InChI is InChI=1S/C12H15NO/c1-9(2)10(3)12(14)13-11-7-5-4-6-8-11/h4-8H,1-3H3,(H,13,14). The summed E-state index contributed by atoms with van der Waals surface area (Å²) < 4.78 is 0. The zero-order valence-corrected chi connectivity index (χ0v) is 8.79. The topological polar surface area (TPSA) is 29.1 Å². The van der Waals surface area contributed by atoms with Crippen molar-refractivity contribution in [3.63, 3.8) is 0 Å². The van der Waals surface area contributed by atoms with E-state index >= 15 is 0 Å². The third-order valence-electron chi connectivity index (χ3n) is 2.12. The molecule has 2 heteroatoms. The third-order valence-corrected chi connectivity index (χ3v) is 2.12. The van der Waals surface area contributed by atoms with Crippen LogP contribution in [0.2, 0.25) is 0 Å². The van der Waals surface area contributed by atoms with Crippen molar-refractivity contribution in [2.45, 2.75) is 20.8 Å². The highest BCUT2D eigenvalue weighted by Crippen LogP contribution is 2.09. The van der Waals surface area contributed by atoms with Gasteiger partial charge in [0.1, 0.15) is 0 Å². The molecule has 1 aromatic carbocycles. The number of anilines is 1. The normalized spacial score (nSPS) is 9.36. The van der Waals surface area contributed by atoms with Crippen LogP contribution in [0.25, 0.3) is 0 Å². The lowest BCUT2D eigenvalue weighted by atomic mass is 10.1. The molecule has 0 fully saturated rings. The Morgan fingerprint density at radius 2 is 1.64 bits per heavy atom. The van der Waals surface area contributed by atoms with Crippen LogP contribution in [0.5, 0.6) is 0 Å². The van der Waals surface area contributed by atoms with Crippen LogP contribution >= 0.6 is 0 Å². The van der Waals surface area contributed by atoms with Gasteiger partial charge in [0.05, 0.1) is 0 Å². The monoisotopic (exact) mass is 189 g/mol. The summed E-state index contributed by atoms with van der Waals surface area (Å²) in [6, 6.07) is 9.46. The summed E-state index contributed by atoms with van der Waals surface area (Å²) in [6.45, 7) is 5.69. The number of amides is 1. The van der Waals surface area contributed by atoms with Crippen LogP contribution in [0.15, 0.2) is 41.5 Å². The predicted molar refractivity (Wildman–Crippen MR) is 59.1 cm³/mol. The van der Waals surface area contributed by atoms with E-state index in [1.54, 1.807) is 0 Å². The van der Waals surface area contributed by atoms with Crippen molar-refractivity contribution < 1.29 is 4.79 Å². The van der Waals surface area contributed by atoms with E-state index in [0.29, 0.717) is 0 Å². The van der Waals surface area contributed by atoms with Crippen LogP contribution in [-0.2, 0) is 4.79 Å². The van der Waals surface area contributed by atoms with E-state index in [1.165, 1.54) is 0 Å². The fourth-order valence-corrected chi connectivity index (χ4v) is 0.973. The zero-order valence-electron chi connectivity index (χ0n) is 8.79. The second-order valence-corrected chi connectivity index (χ2v) is 3.45. The van der Waals surface area contributed by atoms with Crippen molar-refractivity contribution in [2.24, 2.45) is 0 Å². The third kappa shape index (κ3) is 2.73. The second-order valence-electron chi connectivity index (χ2n) is 3.45. The van der Waals surface area contributed by atoms with Crippen molar-refractivity contribution in [2.75, 3.05) is 5.32 Å². The predicted octanol–water partition coefficient (Wildman–Crippen LogP) is 2.98. The Balaban J connectivity index is 2.72. The molecule has 2 nitrogen and oxygen atoms in total. The number of rotatable bonds is 2. The summed E-state index contributed by atoms with van der Waals surface area (Å²) in [6.07, 6.45) is 0. The van der Waals surface area contributed by atoms with Gasteiger partial charge in [0.15, 0.2) is 0 Å². The van der Waals surface area contributed by atoms with Gasteiger partial charge in [-0.15, -0.1) is 0 Å². The maximum absolute atomic E-state index is 11.6. The Morgan fingerprint density at radius 1 is 1.07 bits per heavy atom. The number of benzene rings is 1. The molecule has 0 aliphatic rings. The molecule has 0 atom stereocenters. The van der Waals surface area contributed by atoms with Gasteiger partial charge in [0, 0.05) is 11.3 Å². The quantitative estimate of drug-likeness (QED) is 0.712. The van der Waals surface area contributed by atoms with Gasteiger partial charge in [0.25, 0.3) is 5.91 Å². The molecule has 0 radical (unpaired) electrons. The number of carbonyl (C=O) groups is 1. The zero-order chi connectivity index (χ0) is 10.6. The van der Waals surface area contributed by atoms with E-state index in [4.69, 9.17) is 0 Å². The lowest BCUT2D eigenvalue weighted by Gasteiger charge is -2.06. The van der Waals surface area contributed by atoms with Gasteiger partial charge in [0.2, 0.25) is 0 Å². The molecule has 1 rings (SSSR count). The molecule has 0 unspecified atom stereocenters.